The molecule has 36 heavy (non-hydrogen) atoms. The maximum Gasteiger partial charge on any atom is 0.258 e. The lowest BCUT2D eigenvalue weighted by Crippen LogP contribution is -2.32. The molecule has 6 nitrogen and oxygen atoms in total. The van der Waals surface area contributed by atoms with Crippen molar-refractivity contribution >= 4 is 16.9 Å². The Balaban J connectivity index is 1.38. The zero-order valence-corrected chi connectivity index (χ0v) is 21.6. The highest BCUT2D eigenvalue weighted by molar-refractivity contribution is 5.79. The Kier molecular flexibility index (Phi) is 8.26. The first kappa shape index (κ1) is 25.3. The van der Waals surface area contributed by atoms with E-state index in [4.69, 9.17) is 14.5 Å². The molecule has 0 bridgehead atoms. The van der Waals surface area contributed by atoms with Gasteiger partial charge in [-0.15, -0.1) is 0 Å². The Morgan fingerprint density at radius 3 is 2.58 bits per heavy atom. The molecular formula is C30H35N3O3. The standard InChI is InChI=1S/C30H35N3O3/c1-5-24-13-15-25(16-14-24)35-18-8-17-33-27-10-7-6-9-26(27)32-30(33)23(4)31-29(34)20-36-28-19-21(2)11-12-22(28)3/h6-7,9-16,19,23H,5,8,17-18,20H2,1-4H3,(H,31,34). The Morgan fingerprint density at radius 1 is 1.03 bits per heavy atom. The molecule has 4 rings (SSSR count). The van der Waals surface area contributed by atoms with Crippen molar-refractivity contribution in [3.05, 3.63) is 89.2 Å². The van der Waals surface area contributed by atoms with Crippen LogP contribution < -0.4 is 14.8 Å². The molecule has 3 aromatic carbocycles. The second-order valence-corrected chi connectivity index (χ2v) is 9.16. The molecule has 1 heterocycles. The number of nitrogens with one attached hydrogen (secondary N) is 1. The van der Waals surface area contributed by atoms with Gasteiger partial charge in [0.2, 0.25) is 0 Å². The summed E-state index contributed by atoms with van der Waals surface area (Å²) in [6, 6.07) is 22.0. The van der Waals surface area contributed by atoms with E-state index in [0.29, 0.717) is 6.61 Å². The van der Waals surface area contributed by atoms with Crippen LogP contribution in [0.2, 0.25) is 0 Å². The van der Waals surface area contributed by atoms with E-state index in [1.54, 1.807) is 0 Å². The number of imidazole rings is 1. The van der Waals surface area contributed by atoms with E-state index in [0.717, 1.165) is 58.9 Å². The number of para-hydroxylation sites is 2. The third kappa shape index (κ3) is 6.25. The molecule has 0 fully saturated rings. The molecule has 0 aliphatic heterocycles. The smallest absolute Gasteiger partial charge is 0.258 e. The van der Waals surface area contributed by atoms with E-state index >= 15 is 0 Å². The third-order valence-electron chi connectivity index (χ3n) is 6.28. The normalized spacial score (nSPS) is 11.9. The molecule has 0 aliphatic carbocycles. The lowest BCUT2D eigenvalue weighted by molar-refractivity contribution is -0.123. The molecule has 0 saturated heterocycles. The zero-order chi connectivity index (χ0) is 25.5. The number of hydrogen-bond acceptors (Lipinski definition) is 4. The molecule has 0 spiro atoms. The van der Waals surface area contributed by atoms with E-state index in [-0.39, 0.29) is 18.6 Å². The number of nitrogens with zero attached hydrogens (tertiary/aromatic N) is 2. The van der Waals surface area contributed by atoms with Crippen molar-refractivity contribution in [1.29, 1.82) is 0 Å². The first-order valence-corrected chi connectivity index (χ1v) is 12.6. The average Bonchev–Trinajstić information content (AvgIpc) is 3.26. The number of amides is 1. The van der Waals surface area contributed by atoms with Crippen LogP contribution in [0.4, 0.5) is 0 Å². The van der Waals surface area contributed by atoms with Crippen LogP contribution in [0, 0.1) is 13.8 Å². The number of aromatic nitrogens is 2. The number of rotatable bonds is 11. The molecule has 1 unspecified atom stereocenters. The van der Waals surface area contributed by atoms with Gasteiger partial charge in [0.25, 0.3) is 5.91 Å². The van der Waals surface area contributed by atoms with Crippen LogP contribution in [-0.4, -0.2) is 28.7 Å². The van der Waals surface area contributed by atoms with E-state index < -0.39 is 0 Å². The third-order valence-corrected chi connectivity index (χ3v) is 6.28. The van der Waals surface area contributed by atoms with Gasteiger partial charge in [0.15, 0.2) is 6.61 Å². The van der Waals surface area contributed by atoms with Gasteiger partial charge in [-0.3, -0.25) is 4.79 Å². The van der Waals surface area contributed by atoms with Gasteiger partial charge in [-0.25, -0.2) is 4.98 Å². The molecule has 4 aromatic rings. The summed E-state index contributed by atoms with van der Waals surface area (Å²) in [4.78, 5) is 17.5. The number of fused-ring (bicyclic) bond motifs is 1. The van der Waals surface area contributed by atoms with Crippen LogP contribution in [0.1, 0.15) is 48.8 Å². The predicted octanol–water partition coefficient (Wildman–Crippen LogP) is 5.94. The molecule has 0 aliphatic rings. The largest absolute Gasteiger partial charge is 0.494 e. The van der Waals surface area contributed by atoms with Gasteiger partial charge in [0.05, 0.1) is 23.7 Å². The number of benzene rings is 3. The lowest BCUT2D eigenvalue weighted by atomic mass is 10.1. The van der Waals surface area contributed by atoms with Gasteiger partial charge in [-0.05, 0) is 80.6 Å². The molecule has 0 radical (unpaired) electrons. The summed E-state index contributed by atoms with van der Waals surface area (Å²) in [7, 11) is 0. The lowest BCUT2D eigenvalue weighted by Gasteiger charge is -2.17. The molecule has 188 valence electrons. The molecule has 1 N–H and O–H groups in total. The predicted molar refractivity (Wildman–Crippen MR) is 144 cm³/mol. The summed E-state index contributed by atoms with van der Waals surface area (Å²) >= 11 is 0. The summed E-state index contributed by atoms with van der Waals surface area (Å²) in [6.07, 6.45) is 1.84. The van der Waals surface area contributed by atoms with Crippen LogP contribution in [0.5, 0.6) is 11.5 Å². The van der Waals surface area contributed by atoms with E-state index in [1.165, 1.54) is 5.56 Å². The SMILES string of the molecule is CCc1ccc(OCCCn2c(C(C)NC(=O)COc3cc(C)ccc3C)nc3ccccc32)cc1. The van der Waals surface area contributed by atoms with Crippen LogP contribution in [0.3, 0.4) is 0 Å². The monoisotopic (exact) mass is 485 g/mol. The van der Waals surface area contributed by atoms with Crippen molar-refractivity contribution in [3.63, 3.8) is 0 Å². The van der Waals surface area contributed by atoms with Crippen molar-refractivity contribution in [3.8, 4) is 11.5 Å². The minimum atomic E-state index is -0.269. The minimum Gasteiger partial charge on any atom is -0.494 e. The van der Waals surface area contributed by atoms with Crippen LogP contribution >= 0.6 is 0 Å². The van der Waals surface area contributed by atoms with E-state index in [2.05, 4.69) is 35.0 Å². The fourth-order valence-corrected chi connectivity index (χ4v) is 4.25. The topological polar surface area (TPSA) is 65.4 Å². The first-order valence-electron chi connectivity index (χ1n) is 12.6. The van der Waals surface area contributed by atoms with Gasteiger partial charge in [0, 0.05) is 6.54 Å². The molecular weight excluding hydrogens is 450 g/mol. The number of carbonyl (C=O) groups is 1. The maximum absolute atomic E-state index is 12.7. The molecule has 1 atom stereocenters. The van der Waals surface area contributed by atoms with Crippen molar-refractivity contribution in [2.75, 3.05) is 13.2 Å². The second-order valence-electron chi connectivity index (χ2n) is 9.16. The summed E-state index contributed by atoms with van der Waals surface area (Å²) in [5, 5.41) is 3.05. The highest BCUT2D eigenvalue weighted by Gasteiger charge is 2.19. The highest BCUT2D eigenvalue weighted by atomic mass is 16.5. The summed E-state index contributed by atoms with van der Waals surface area (Å²) in [5.41, 5.74) is 5.36. The second kappa shape index (κ2) is 11.8. The quantitative estimate of drug-likeness (QED) is 0.267. The highest BCUT2D eigenvalue weighted by Crippen LogP contribution is 2.22. The number of aryl methyl sites for hydroxylation is 4. The number of ether oxygens (including phenoxy) is 2. The van der Waals surface area contributed by atoms with Crippen LogP contribution in [0.25, 0.3) is 11.0 Å². The van der Waals surface area contributed by atoms with Gasteiger partial charge >= 0.3 is 0 Å². The molecule has 0 saturated carbocycles. The van der Waals surface area contributed by atoms with E-state index in [1.807, 2.05) is 69.3 Å². The Hall–Kier alpha value is -3.80. The summed E-state index contributed by atoms with van der Waals surface area (Å²) < 4.78 is 13.9. The Bertz CT molecular complexity index is 1310. The average molecular weight is 486 g/mol. The molecule has 6 heteroatoms. The molecule has 1 amide bonds. The van der Waals surface area contributed by atoms with Gasteiger partial charge in [0.1, 0.15) is 17.3 Å². The van der Waals surface area contributed by atoms with Crippen LogP contribution in [0.15, 0.2) is 66.7 Å². The number of hydrogen-bond donors (Lipinski definition) is 1. The fraction of sp³-hybridized carbons (Fsp3) is 0.333. The van der Waals surface area contributed by atoms with Crippen molar-refractivity contribution in [2.45, 2.75) is 53.1 Å². The Morgan fingerprint density at radius 2 is 1.81 bits per heavy atom. The van der Waals surface area contributed by atoms with Gasteiger partial charge in [-0.1, -0.05) is 43.3 Å². The van der Waals surface area contributed by atoms with Crippen LogP contribution in [-0.2, 0) is 17.8 Å². The van der Waals surface area contributed by atoms with Gasteiger partial charge < -0.3 is 19.4 Å². The van der Waals surface area contributed by atoms with Crippen molar-refractivity contribution in [1.82, 2.24) is 14.9 Å². The van der Waals surface area contributed by atoms with Crippen molar-refractivity contribution < 1.29 is 14.3 Å². The Labute approximate surface area is 213 Å². The maximum atomic E-state index is 12.7. The first-order chi connectivity index (χ1) is 17.4. The number of carbonyl (C=O) groups excluding carboxylic acids is 1. The summed E-state index contributed by atoms with van der Waals surface area (Å²) in [5.74, 6) is 2.26. The summed E-state index contributed by atoms with van der Waals surface area (Å²) in [6.45, 7) is 9.38. The van der Waals surface area contributed by atoms with E-state index in [9.17, 15) is 4.79 Å². The fourth-order valence-electron chi connectivity index (χ4n) is 4.25. The minimum absolute atomic E-state index is 0.0421. The zero-order valence-electron chi connectivity index (χ0n) is 21.6. The molecule has 1 aromatic heterocycles. The van der Waals surface area contributed by atoms with Crippen molar-refractivity contribution in [2.24, 2.45) is 0 Å². The van der Waals surface area contributed by atoms with Gasteiger partial charge in [-0.2, -0.15) is 0 Å².